The monoisotopic (exact) mass is 277 g/mol. The summed E-state index contributed by atoms with van der Waals surface area (Å²) in [4.78, 5) is 4.59. The third-order valence-corrected chi connectivity index (χ3v) is 2.81. The van der Waals surface area contributed by atoms with E-state index in [1.807, 2.05) is 26.0 Å². The lowest BCUT2D eigenvalue weighted by molar-refractivity contribution is 0.466. The van der Waals surface area contributed by atoms with Crippen molar-refractivity contribution in [2.24, 2.45) is 4.99 Å². The molecule has 0 fully saturated rings. The van der Waals surface area contributed by atoms with Gasteiger partial charge in [0, 0.05) is 12.1 Å². The fraction of sp³-hybridized carbons (Fsp3) is 0.562. The van der Waals surface area contributed by atoms with Crippen molar-refractivity contribution in [1.29, 1.82) is 0 Å². The minimum atomic E-state index is -0.0260. The van der Waals surface area contributed by atoms with Gasteiger partial charge in [-0.1, -0.05) is 12.1 Å². The van der Waals surface area contributed by atoms with Crippen molar-refractivity contribution < 1.29 is 5.11 Å². The van der Waals surface area contributed by atoms with Crippen LogP contribution in [0.1, 0.15) is 44.4 Å². The Labute approximate surface area is 122 Å². The fourth-order valence-electron chi connectivity index (χ4n) is 1.97. The van der Waals surface area contributed by atoms with Gasteiger partial charge in [0.05, 0.1) is 6.54 Å². The van der Waals surface area contributed by atoms with E-state index in [2.05, 4.69) is 43.3 Å². The van der Waals surface area contributed by atoms with Gasteiger partial charge in [-0.15, -0.1) is 0 Å². The molecule has 0 radical (unpaired) electrons. The molecule has 0 aromatic heterocycles. The van der Waals surface area contributed by atoms with Crippen molar-refractivity contribution in [1.82, 2.24) is 10.6 Å². The molecule has 1 aromatic rings. The molecule has 0 bridgehead atoms. The Morgan fingerprint density at radius 1 is 1.20 bits per heavy atom. The average molecular weight is 277 g/mol. The summed E-state index contributed by atoms with van der Waals surface area (Å²) in [5, 5.41) is 16.4. The molecule has 0 amide bonds. The van der Waals surface area contributed by atoms with Crippen LogP contribution < -0.4 is 10.6 Å². The van der Waals surface area contributed by atoms with Crippen LogP contribution in [0.3, 0.4) is 0 Å². The minimum absolute atomic E-state index is 0.0260. The van der Waals surface area contributed by atoms with Crippen LogP contribution >= 0.6 is 0 Å². The van der Waals surface area contributed by atoms with Gasteiger partial charge in [-0.05, 0) is 58.2 Å². The van der Waals surface area contributed by atoms with Crippen LogP contribution in [0, 0.1) is 13.8 Å². The number of nitrogens with one attached hydrogen (secondary N) is 2. The number of phenols is 1. The number of rotatable bonds is 3. The first kappa shape index (κ1) is 16.3. The smallest absolute Gasteiger partial charge is 0.191 e. The van der Waals surface area contributed by atoms with E-state index in [1.54, 1.807) is 0 Å². The highest BCUT2D eigenvalue weighted by Gasteiger charge is 2.11. The summed E-state index contributed by atoms with van der Waals surface area (Å²) in [6.45, 7) is 13.6. The lowest BCUT2D eigenvalue weighted by Crippen LogP contribution is -2.47. The summed E-state index contributed by atoms with van der Waals surface area (Å²) < 4.78 is 0. The van der Waals surface area contributed by atoms with Crippen molar-refractivity contribution in [3.63, 3.8) is 0 Å². The largest absolute Gasteiger partial charge is 0.507 e. The number of aromatic hydroxyl groups is 1. The second-order valence-corrected chi connectivity index (χ2v) is 6.15. The topological polar surface area (TPSA) is 56.7 Å². The van der Waals surface area contributed by atoms with Crippen LogP contribution in [-0.2, 0) is 6.54 Å². The maximum atomic E-state index is 9.78. The summed E-state index contributed by atoms with van der Waals surface area (Å²) in [5.41, 5.74) is 2.86. The van der Waals surface area contributed by atoms with E-state index in [9.17, 15) is 5.11 Å². The van der Waals surface area contributed by atoms with Gasteiger partial charge < -0.3 is 15.7 Å². The molecule has 0 saturated carbocycles. The molecule has 1 aromatic carbocycles. The van der Waals surface area contributed by atoms with E-state index in [0.717, 1.165) is 29.2 Å². The summed E-state index contributed by atoms with van der Waals surface area (Å²) in [7, 11) is 0. The first-order valence-corrected chi connectivity index (χ1v) is 7.08. The van der Waals surface area contributed by atoms with E-state index in [-0.39, 0.29) is 5.54 Å². The van der Waals surface area contributed by atoms with Crippen molar-refractivity contribution in [3.05, 3.63) is 28.8 Å². The van der Waals surface area contributed by atoms with Gasteiger partial charge in [0.1, 0.15) is 5.75 Å². The molecular weight excluding hydrogens is 250 g/mol. The van der Waals surface area contributed by atoms with E-state index in [0.29, 0.717) is 12.3 Å². The Balaban J connectivity index is 2.87. The quantitative estimate of drug-likeness (QED) is 0.588. The number of hydrogen-bond donors (Lipinski definition) is 3. The highest BCUT2D eigenvalue weighted by molar-refractivity contribution is 5.80. The molecule has 0 unspecified atom stereocenters. The molecule has 0 aliphatic carbocycles. The Bertz CT molecular complexity index is 464. The second-order valence-electron chi connectivity index (χ2n) is 6.15. The van der Waals surface area contributed by atoms with Crippen LogP contribution in [0.2, 0.25) is 0 Å². The molecule has 0 aliphatic rings. The van der Waals surface area contributed by atoms with Gasteiger partial charge in [-0.3, -0.25) is 0 Å². The van der Waals surface area contributed by atoms with Crippen LogP contribution in [0.25, 0.3) is 0 Å². The number of hydrogen-bond acceptors (Lipinski definition) is 2. The van der Waals surface area contributed by atoms with Gasteiger partial charge in [-0.25, -0.2) is 4.99 Å². The van der Waals surface area contributed by atoms with Gasteiger partial charge in [0.15, 0.2) is 5.96 Å². The molecule has 20 heavy (non-hydrogen) atoms. The standard InChI is InChI=1S/C16H27N3O/c1-7-17-15(19-16(4,5)6)18-10-13-8-11(2)14(20)12(3)9-13/h8-9,20H,7,10H2,1-6H3,(H2,17,18,19). The summed E-state index contributed by atoms with van der Waals surface area (Å²) in [5.74, 6) is 1.18. The van der Waals surface area contributed by atoms with Gasteiger partial charge in [-0.2, -0.15) is 0 Å². The highest BCUT2D eigenvalue weighted by Crippen LogP contribution is 2.23. The predicted octanol–water partition coefficient (Wildman–Crippen LogP) is 2.86. The van der Waals surface area contributed by atoms with Gasteiger partial charge >= 0.3 is 0 Å². The number of aliphatic imine (C=N–C) groups is 1. The maximum absolute atomic E-state index is 9.78. The van der Waals surface area contributed by atoms with E-state index in [1.165, 1.54) is 0 Å². The van der Waals surface area contributed by atoms with E-state index >= 15 is 0 Å². The van der Waals surface area contributed by atoms with Crippen LogP contribution in [0.5, 0.6) is 5.75 Å². The Morgan fingerprint density at radius 3 is 2.20 bits per heavy atom. The summed E-state index contributed by atoms with van der Waals surface area (Å²) in [6, 6.07) is 3.96. The Kier molecular flexibility index (Phi) is 5.43. The number of benzene rings is 1. The number of phenolic OH excluding ortho intramolecular Hbond substituents is 1. The molecular formula is C16H27N3O. The third-order valence-electron chi connectivity index (χ3n) is 2.81. The zero-order valence-electron chi connectivity index (χ0n) is 13.5. The fourth-order valence-corrected chi connectivity index (χ4v) is 1.97. The zero-order valence-corrected chi connectivity index (χ0v) is 13.5. The third kappa shape index (κ3) is 5.11. The Morgan fingerprint density at radius 2 is 1.75 bits per heavy atom. The highest BCUT2D eigenvalue weighted by atomic mass is 16.3. The molecule has 4 nitrogen and oxygen atoms in total. The van der Waals surface area contributed by atoms with Crippen LogP contribution in [0.4, 0.5) is 0 Å². The average Bonchev–Trinajstić information content (AvgIpc) is 2.31. The first-order valence-electron chi connectivity index (χ1n) is 7.08. The molecule has 0 aliphatic heterocycles. The molecule has 0 spiro atoms. The van der Waals surface area contributed by atoms with E-state index < -0.39 is 0 Å². The molecule has 0 heterocycles. The zero-order chi connectivity index (χ0) is 15.3. The van der Waals surface area contributed by atoms with Crippen molar-refractivity contribution >= 4 is 5.96 Å². The number of nitrogens with zero attached hydrogens (tertiary/aromatic N) is 1. The lowest BCUT2D eigenvalue weighted by atomic mass is 10.1. The summed E-state index contributed by atoms with van der Waals surface area (Å²) in [6.07, 6.45) is 0. The van der Waals surface area contributed by atoms with Crippen molar-refractivity contribution in [2.75, 3.05) is 6.54 Å². The molecule has 1 rings (SSSR count). The molecule has 4 heteroatoms. The molecule has 3 N–H and O–H groups in total. The maximum Gasteiger partial charge on any atom is 0.191 e. The lowest BCUT2D eigenvalue weighted by Gasteiger charge is -2.23. The normalized spacial score (nSPS) is 12.4. The first-order chi connectivity index (χ1) is 9.23. The Hall–Kier alpha value is -1.71. The van der Waals surface area contributed by atoms with Crippen LogP contribution in [0.15, 0.2) is 17.1 Å². The molecule has 0 atom stereocenters. The van der Waals surface area contributed by atoms with Crippen molar-refractivity contribution in [3.8, 4) is 5.75 Å². The van der Waals surface area contributed by atoms with E-state index in [4.69, 9.17) is 0 Å². The minimum Gasteiger partial charge on any atom is -0.507 e. The number of aryl methyl sites for hydroxylation is 2. The second kappa shape index (κ2) is 6.64. The van der Waals surface area contributed by atoms with Gasteiger partial charge in [0.2, 0.25) is 0 Å². The molecule has 0 saturated heterocycles. The van der Waals surface area contributed by atoms with Crippen LogP contribution in [-0.4, -0.2) is 23.1 Å². The van der Waals surface area contributed by atoms with Gasteiger partial charge in [0.25, 0.3) is 0 Å². The SMILES string of the molecule is CCNC(=NCc1cc(C)c(O)c(C)c1)NC(C)(C)C. The molecule has 112 valence electrons. The van der Waals surface area contributed by atoms with Crippen molar-refractivity contribution in [2.45, 2.75) is 53.6 Å². The predicted molar refractivity (Wildman–Crippen MR) is 85.3 cm³/mol. The number of guanidine groups is 1. The summed E-state index contributed by atoms with van der Waals surface area (Å²) >= 11 is 0.